The molecule has 2 aromatic carbocycles. The molecule has 1 heterocycles. The van der Waals surface area contributed by atoms with Crippen LogP contribution in [0.15, 0.2) is 48.5 Å². The molecule has 0 fully saturated rings. The Morgan fingerprint density at radius 2 is 2.00 bits per heavy atom. The highest BCUT2D eigenvalue weighted by Gasteiger charge is 2.19. The van der Waals surface area contributed by atoms with Gasteiger partial charge in [-0.3, -0.25) is 0 Å². The molecule has 0 aliphatic carbocycles. The summed E-state index contributed by atoms with van der Waals surface area (Å²) in [5.41, 5.74) is 3.52. The van der Waals surface area contributed by atoms with Crippen LogP contribution in [0, 0.1) is 11.3 Å². The molecule has 0 saturated heterocycles. The lowest BCUT2D eigenvalue weighted by Crippen LogP contribution is -2.23. The van der Waals surface area contributed by atoms with Gasteiger partial charge in [-0.05, 0) is 35.4 Å². The first-order valence-electron chi connectivity index (χ1n) is 6.89. The maximum Gasteiger partial charge on any atom is 0.174 e. The minimum absolute atomic E-state index is 0.0661. The van der Waals surface area contributed by atoms with Crippen molar-refractivity contribution in [2.45, 2.75) is 12.6 Å². The van der Waals surface area contributed by atoms with Crippen molar-refractivity contribution in [3.8, 4) is 11.8 Å². The lowest BCUT2D eigenvalue weighted by Gasteiger charge is -2.27. The molecule has 1 unspecified atom stereocenters. The monoisotopic (exact) mass is 280 g/mol. The molecular formula is C17H16N2O2. The summed E-state index contributed by atoms with van der Waals surface area (Å²) in [5, 5.41) is 12.0. The van der Waals surface area contributed by atoms with Crippen molar-refractivity contribution in [2.75, 3.05) is 18.5 Å². The highest BCUT2D eigenvalue weighted by Crippen LogP contribution is 2.28. The Balaban J connectivity index is 1.71. The summed E-state index contributed by atoms with van der Waals surface area (Å²) in [5.74, 6) is 0.697. The first-order valence-corrected chi connectivity index (χ1v) is 6.89. The van der Waals surface area contributed by atoms with E-state index in [1.807, 2.05) is 36.4 Å². The van der Waals surface area contributed by atoms with E-state index >= 15 is 0 Å². The number of benzene rings is 2. The normalized spacial score (nSPS) is 16.6. The molecule has 2 aromatic rings. The summed E-state index contributed by atoms with van der Waals surface area (Å²) in [6.45, 7) is 1.40. The topological polar surface area (TPSA) is 54.3 Å². The molecular weight excluding hydrogens is 264 g/mol. The number of hydrogen-bond donors (Lipinski definition) is 1. The first kappa shape index (κ1) is 13.5. The molecule has 0 aromatic heterocycles. The van der Waals surface area contributed by atoms with Crippen molar-refractivity contribution in [2.24, 2.45) is 0 Å². The number of anilines is 1. The summed E-state index contributed by atoms with van der Waals surface area (Å²) in [7, 11) is 0. The van der Waals surface area contributed by atoms with E-state index in [0.29, 0.717) is 19.0 Å². The van der Waals surface area contributed by atoms with Gasteiger partial charge in [0.25, 0.3) is 0 Å². The van der Waals surface area contributed by atoms with E-state index in [1.54, 1.807) is 0 Å². The van der Waals surface area contributed by atoms with Crippen LogP contribution in [-0.2, 0) is 11.3 Å². The van der Waals surface area contributed by atoms with E-state index in [2.05, 4.69) is 23.5 Å². The quantitative estimate of drug-likeness (QED) is 0.934. The fourth-order valence-corrected chi connectivity index (χ4v) is 2.47. The van der Waals surface area contributed by atoms with Gasteiger partial charge in [-0.1, -0.05) is 24.3 Å². The maximum absolute atomic E-state index is 8.49. The van der Waals surface area contributed by atoms with Gasteiger partial charge >= 0.3 is 0 Å². The van der Waals surface area contributed by atoms with Crippen LogP contribution in [0.1, 0.15) is 17.2 Å². The zero-order valence-electron chi connectivity index (χ0n) is 11.6. The number of rotatable bonds is 4. The fourth-order valence-electron chi connectivity index (χ4n) is 2.47. The molecule has 1 N–H and O–H groups in total. The van der Waals surface area contributed by atoms with E-state index in [1.165, 1.54) is 11.1 Å². The Bertz CT molecular complexity index is 647. The van der Waals surface area contributed by atoms with Crippen LogP contribution in [0.2, 0.25) is 0 Å². The van der Waals surface area contributed by atoms with Crippen molar-refractivity contribution in [3.63, 3.8) is 0 Å². The van der Waals surface area contributed by atoms with E-state index in [9.17, 15) is 0 Å². The Kier molecular flexibility index (Phi) is 4.04. The van der Waals surface area contributed by atoms with Crippen LogP contribution in [0.4, 0.5) is 5.69 Å². The minimum Gasteiger partial charge on any atom is -0.479 e. The molecule has 4 heteroatoms. The van der Waals surface area contributed by atoms with E-state index in [4.69, 9.17) is 14.7 Å². The third kappa shape index (κ3) is 3.15. The number of ether oxygens (including phenoxy) is 2. The van der Waals surface area contributed by atoms with Crippen molar-refractivity contribution >= 4 is 5.69 Å². The molecule has 3 rings (SSSR count). The van der Waals surface area contributed by atoms with Gasteiger partial charge in [0.15, 0.2) is 6.61 Å². The average molecular weight is 280 g/mol. The molecule has 0 radical (unpaired) electrons. The molecule has 0 spiro atoms. The summed E-state index contributed by atoms with van der Waals surface area (Å²) in [6, 6.07) is 18.0. The molecule has 1 atom stereocenters. The molecule has 21 heavy (non-hydrogen) atoms. The largest absolute Gasteiger partial charge is 0.479 e. The SMILES string of the molecule is N#CCOc1ccc(NC2COCc3ccccc32)cc1. The second kappa shape index (κ2) is 6.29. The standard InChI is InChI=1S/C17H16N2O2/c18-9-10-21-15-7-5-14(6-8-15)19-17-12-20-11-13-3-1-2-4-16(13)17/h1-8,17,19H,10-12H2. The second-order valence-corrected chi connectivity index (χ2v) is 4.88. The van der Waals surface area contributed by atoms with Gasteiger partial charge in [-0.25, -0.2) is 0 Å². The molecule has 0 amide bonds. The van der Waals surface area contributed by atoms with Crippen molar-refractivity contribution in [3.05, 3.63) is 59.7 Å². The van der Waals surface area contributed by atoms with Gasteiger partial charge < -0.3 is 14.8 Å². The zero-order valence-corrected chi connectivity index (χ0v) is 11.6. The molecule has 106 valence electrons. The lowest BCUT2D eigenvalue weighted by atomic mass is 9.99. The number of nitrogens with zero attached hydrogens (tertiary/aromatic N) is 1. The van der Waals surface area contributed by atoms with Crippen LogP contribution in [0.5, 0.6) is 5.75 Å². The van der Waals surface area contributed by atoms with Crippen LogP contribution < -0.4 is 10.1 Å². The lowest BCUT2D eigenvalue weighted by molar-refractivity contribution is 0.0970. The predicted octanol–water partition coefficient (Wildman–Crippen LogP) is 3.27. The Morgan fingerprint density at radius 3 is 2.81 bits per heavy atom. The molecule has 0 saturated carbocycles. The van der Waals surface area contributed by atoms with E-state index < -0.39 is 0 Å². The predicted molar refractivity (Wildman–Crippen MR) is 80.0 cm³/mol. The van der Waals surface area contributed by atoms with Gasteiger partial charge in [0.05, 0.1) is 19.3 Å². The zero-order chi connectivity index (χ0) is 14.5. The van der Waals surface area contributed by atoms with E-state index in [0.717, 1.165) is 5.69 Å². The molecule has 4 nitrogen and oxygen atoms in total. The molecule has 0 bridgehead atoms. The van der Waals surface area contributed by atoms with Crippen LogP contribution in [0.25, 0.3) is 0 Å². The van der Waals surface area contributed by atoms with Crippen LogP contribution >= 0.6 is 0 Å². The number of nitrogens with one attached hydrogen (secondary N) is 1. The smallest absolute Gasteiger partial charge is 0.174 e. The number of fused-ring (bicyclic) bond motifs is 1. The van der Waals surface area contributed by atoms with Gasteiger partial charge in [0.1, 0.15) is 11.8 Å². The van der Waals surface area contributed by atoms with Crippen molar-refractivity contribution in [1.29, 1.82) is 5.26 Å². The van der Waals surface area contributed by atoms with Gasteiger partial charge in [-0.2, -0.15) is 5.26 Å². The van der Waals surface area contributed by atoms with E-state index in [-0.39, 0.29) is 12.6 Å². The Hall–Kier alpha value is -2.51. The van der Waals surface area contributed by atoms with Gasteiger partial charge in [0.2, 0.25) is 0 Å². The minimum atomic E-state index is 0.0661. The van der Waals surface area contributed by atoms with Crippen LogP contribution in [0.3, 0.4) is 0 Å². The molecule has 1 aliphatic heterocycles. The molecule has 1 aliphatic rings. The average Bonchev–Trinajstić information content (AvgIpc) is 2.55. The number of nitriles is 1. The Labute approximate surface area is 123 Å². The Morgan fingerprint density at radius 1 is 1.19 bits per heavy atom. The van der Waals surface area contributed by atoms with Crippen molar-refractivity contribution in [1.82, 2.24) is 0 Å². The third-order valence-electron chi connectivity index (χ3n) is 3.47. The highest BCUT2D eigenvalue weighted by molar-refractivity contribution is 5.49. The van der Waals surface area contributed by atoms with Crippen LogP contribution in [-0.4, -0.2) is 13.2 Å². The summed E-state index contributed by atoms with van der Waals surface area (Å²) in [6.07, 6.45) is 0. The summed E-state index contributed by atoms with van der Waals surface area (Å²) in [4.78, 5) is 0. The van der Waals surface area contributed by atoms with Gasteiger partial charge in [-0.15, -0.1) is 0 Å². The fraction of sp³-hybridized carbons (Fsp3) is 0.235. The van der Waals surface area contributed by atoms with Crippen molar-refractivity contribution < 1.29 is 9.47 Å². The van der Waals surface area contributed by atoms with Gasteiger partial charge in [0, 0.05) is 5.69 Å². The third-order valence-corrected chi connectivity index (χ3v) is 3.47. The second-order valence-electron chi connectivity index (χ2n) is 4.88. The summed E-state index contributed by atoms with van der Waals surface area (Å²) >= 11 is 0. The first-order chi connectivity index (χ1) is 10.4. The summed E-state index contributed by atoms with van der Waals surface area (Å²) < 4.78 is 10.9. The number of hydrogen-bond acceptors (Lipinski definition) is 4. The maximum atomic E-state index is 8.49. The highest BCUT2D eigenvalue weighted by atomic mass is 16.5.